The van der Waals surface area contributed by atoms with Crippen LogP contribution in [0.3, 0.4) is 0 Å². The van der Waals surface area contributed by atoms with Crippen LogP contribution in [0.5, 0.6) is 5.88 Å². The number of rotatable bonds is 6. The Balaban J connectivity index is 1.74. The van der Waals surface area contributed by atoms with Crippen molar-refractivity contribution in [2.45, 2.75) is 25.9 Å². The topological polar surface area (TPSA) is 117 Å². The van der Waals surface area contributed by atoms with Gasteiger partial charge in [-0.25, -0.2) is 19.9 Å². The molecule has 0 saturated carbocycles. The van der Waals surface area contributed by atoms with Gasteiger partial charge < -0.3 is 9.84 Å². The van der Waals surface area contributed by atoms with Crippen molar-refractivity contribution in [1.82, 2.24) is 39.0 Å². The summed E-state index contributed by atoms with van der Waals surface area (Å²) in [6.07, 6.45) is 13.1. The lowest BCUT2D eigenvalue weighted by Gasteiger charge is -2.24. The lowest BCUT2D eigenvalue weighted by molar-refractivity contribution is 0.274. The zero-order valence-electron chi connectivity index (χ0n) is 16.3. The van der Waals surface area contributed by atoms with Gasteiger partial charge in [-0.1, -0.05) is 0 Å². The van der Waals surface area contributed by atoms with Gasteiger partial charge in [0, 0.05) is 12.4 Å². The summed E-state index contributed by atoms with van der Waals surface area (Å²) in [5, 5.41) is 9.49. The van der Waals surface area contributed by atoms with Crippen LogP contribution in [0.2, 0.25) is 0 Å². The predicted octanol–water partition coefficient (Wildman–Crippen LogP) is 1.46. The van der Waals surface area contributed by atoms with E-state index in [0.717, 1.165) is 0 Å². The Kier molecular flexibility index (Phi) is 4.77. The molecule has 0 amide bonds. The van der Waals surface area contributed by atoms with E-state index in [0.29, 0.717) is 34.6 Å². The molecular formula is C19H20N8O2. The number of aliphatic hydroxyl groups is 1. The number of nitrogens with zero attached hydrogens (tertiary/aromatic N) is 8. The van der Waals surface area contributed by atoms with E-state index in [1.165, 1.54) is 0 Å². The molecule has 148 valence electrons. The summed E-state index contributed by atoms with van der Waals surface area (Å²) in [5.74, 6) is 1.72. The van der Waals surface area contributed by atoms with E-state index in [9.17, 15) is 5.11 Å². The molecule has 4 rings (SSSR count). The molecule has 0 atom stereocenters. The van der Waals surface area contributed by atoms with Crippen LogP contribution in [-0.4, -0.2) is 51.3 Å². The van der Waals surface area contributed by atoms with E-state index < -0.39 is 5.41 Å². The first-order valence-electron chi connectivity index (χ1n) is 8.89. The van der Waals surface area contributed by atoms with Crippen molar-refractivity contribution in [2.75, 3.05) is 7.11 Å². The minimum absolute atomic E-state index is 0.143. The van der Waals surface area contributed by atoms with Crippen LogP contribution in [0.15, 0.2) is 49.8 Å². The van der Waals surface area contributed by atoms with Gasteiger partial charge >= 0.3 is 0 Å². The Morgan fingerprint density at radius 3 is 2.03 bits per heavy atom. The van der Waals surface area contributed by atoms with Gasteiger partial charge in [0.25, 0.3) is 0 Å². The number of imidazole rings is 2. The molecule has 0 radical (unpaired) electrons. The highest BCUT2D eigenvalue weighted by Gasteiger charge is 2.28. The van der Waals surface area contributed by atoms with Crippen LogP contribution in [0.4, 0.5) is 0 Å². The highest BCUT2D eigenvalue weighted by atomic mass is 16.5. The molecule has 0 aromatic carbocycles. The van der Waals surface area contributed by atoms with E-state index in [4.69, 9.17) is 14.7 Å². The third-order valence-corrected chi connectivity index (χ3v) is 4.71. The second-order valence-corrected chi connectivity index (χ2v) is 6.87. The molecule has 0 unspecified atom stereocenters. The molecule has 1 N–H and O–H groups in total. The molecule has 4 aromatic heterocycles. The summed E-state index contributed by atoms with van der Waals surface area (Å²) in [7, 11) is 1.58. The normalized spacial score (nSPS) is 11.6. The van der Waals surface area contributed by atoms with E-state index in [2.05, 4.69) is 19.9 Å². The highest BCUT2D eigenvalue weighted by Crippen LogP contribution is 2.29. The second-order valence-electron chi connectivity index (χ2n) is 6.87. The van der Waals surface area contributed by atoms with E-state index in [1.54, 1.807) is 66.1 Å². The lowest BCUT2D eigenvalue weighted by atomic mass is 9.86. The van der Waals surface area contributed by atoms with E-state index in [-0.39, 0.29) is 6.61 Å². The zero-order valence-corrected chi connectivity index (χ0v) is 16.3. The number of hydrogen-bond donors (Lipinski definition) is 1. The monoisotopic (exact) mass is 392 g/mol. The molecule has 10 nitrogen and oxygen atoms in total. The average molecular weight is 392 g/mol. The number of hydrogen-bond acceptors (Lipinski definition) is 8. The number of aromatic nitrogens is 8. The van der Waals surface area contributed by atoms with Gasteiger partial charge in [-0.2, -0.15) is 0 Å². The molecule has 0 aliphatic rings. The first-order valence-corrected chi connectivity index (χ1v) is 8.89. The Morgan fingerprint density at radius 1 is 0.828 bits per heavy atom. The molecule has 0 aliphatic carbocycles. The molecule has 4 heterocycles. The summed E-state index contributed by atoms with van der Waals surface area (Å²) in [6.45, 7) is 3.86. The summed E-state index contributed by atoms with van der Waals surface area (Å²) in [6, 6.07) is 0. The van der Waals surface area contributed by atoms with Crippen LogP contribution in [-0.2, 0) is 12.0 Å². The molecule has 0 spiro atoms. The molecule has 4 aromatic rings. The fourth-order valence-corrected chi connectivity index (χ4v) is 2.93. The maximum Gasteiger partial charge on any atom is 0.219 e. The zero-order chi connectivity index (χ0) is 20.4. The van der Waals surface area contributed by atoms with Crippen LogP contribution >= 0.6 is 0 Å². The molecular weight excluding hydrogens is 372 g/mol. The van der Waals surface area contributed by atoms with Gasteiger partial charge in [-0.3, -0.25) is 19.1 Å². The molecule has 0 fully saturated rings. The Morgan fingerprint density at radius 2 is 1.41 bits per heavy atom. The van der Waals surface area contributed by atoms with Crippen LogP contribution in [0.1, 0.15) is 30.9 Å². The number of methoxy groups -OCH3 is 1. The van der Waals surface area contributed by atoms with Crippen molar-refractivity contribution >= 4 is 0 Å². The maximum absolute atomic E-state index is 9.49. The van der Waals surface area contributed by atoms with Gasteiger partial charge in [0.1, 0.15) is 12.7 Å². The minimum atomic E-state index is -0.584. The molecule has 0 bridgehead atoms. The Bertz CT molecular complexity index is 1050. The fourth-order valence-electron chi connectivity index (χ4n) is 2.93. The van der Waals surface area contributed by atoms with E-state index in [1.807, 2.05) is 13.8 Å². The Labute approximate surface area is 166 Å². The van der Waals surface area contributed by atoms with Crippen molar-refractivity contribution in [3.63, 3.8) is 0 Å². The number of aliphatic hydroxyl groups excluding tert-OH is 1. The lowest BCUT2D eigenvalue weighted by Crippen LogP contribution is -2.24. The molecule has 29 heavy (non-hydrogen) atoms. The second kappa shape index (κ2) is 7.40. The SMILES string of the molecule is COc1cncn1-c1cncc(C(C)(C)c2cncc(-n3cncc3CO)n2)n1. The van der Waals surface area contributed by atoms with Crippen LogP contribution < -0.4 is 4.74 Å². The quantitative estimate of drug-likeness (QED) is 0.524. The van der Waals surface area contributed by atoms with Crippen LogP contribution in [0, 0.1) is 0 Å². The van der Waals surface area contributed by atoms with Gasteiger partial charge in [0.05, 0.1) is 61.0 Å². The third kappa shape index (κ3) is 3.34. The van der Waals surface area contributed by atoms with Gasteiger partial charge in [0.2, 0.25) is 5.88 Å². The average Bonchev–Trinajstić information content (AvgIpc) is 3.43. The van der Waals surface area contributed by atoms with Crippen molar-refractivity contribution in [3.05, 3.63) is 66.9 Å². The van der Waals surface area contributed by atoms with Crippen molar-refractivity contribution in [2.24, 2.45) is 0 Å². The first kappa shape index (κ1) is 18.7. The van der Waals surface area contributed by atoms with E-state index >= 15 is 0 Å². The fraction of sp³-hybridized carbons (Fsp3) is 0.263. The van der Waals surface area contributed by atoms with Crippen molar-refractivity contribution in [3.8, 4) is 17.5 Å². The summed E-state index contributed by atoms with van der Waals surface area (Å²) >= 11 is 0. The standard InChI is InChI=1S/C19H20N8O2/c1-19(2,14-5-20-7-16(24-14)26-11-22-4-13(26)10-28)15-6-21-8-17(25-15)27-12-23-9-18(27)29-3/h4-9,11-12,28H,10H2,1-3H3. The summed E-state index contributed by atoms with van der Waals surface area (Å²) < 4.78 is 8.73. The maximum atomic E-state index is 9.49. The first-order chi connectivity index (χ1) is 14.0. The largest absolute Gasteiger partial charge is 0.481 e. The molecule has 10 heteroatoms. The van der Waals surface area contributed by atoms with Crippen LogP contribution in [0.25, 0.3) is 11.6 Å². The highest BCUT2D eigenvalue weighted by molar-refractivity contribution is 5.34. The Hall–Kier alpha value is -3.66. The van der Waals surface area contributed by atoms with Crippen molar-refractivity contribution in [1.29, 1.82) is 0 Å². The van der Waals surface area contributed by atoms with Gasteiger partial charge in [0.15, 0.2) is 11.6 Å². The van der Waals surface area contributed by atoms with Crippen molar-refractivity contribution < 1.29 is 9.84 Å². The molecule has 0 aliphatic heterocycles. The summed E-state index contributed by atoms with van der Waals surface area (Å²) in [4.78, 5) is 26.3. The smallest absolute Gasteiger partial charge is 0.219 e. The third-order valence-electron chi connectivity index (χ3n) is 4.71. The summed E-state index contributed by atoms with van der Waals surface area (Å²) in [5.41, 5.74) is 1.46. The minimum Gasteiger partial charge on any atom is -0.481 e. The van der Waals surface area contributed by atoms with Gasteiger partial charge in [-0.15, -0.1) is 0 Å². The predicted molar refractivity (Wildman–Crippen MR) is 103 cm³/mol. The number of ether oxygens (including phenoxy) is 1. The van der Waals surface area contributed by atoms with Gasteiger partial charge in [-0.05, 0) is 13.8 Å². The molecule has 0 saturated heterocycles.